The van der Waals surface area contributed by atoms with Gasteiger partial charge in [0.05, 0.1) is 17.1 Å². The van der Waals surface area contributed by atoms with E-state index in [4.69, 9.17) is 21.4 Å². The van der Waals surface area contributed by atoms with Gasteiger partial charge in [0.1, 0.15) is 23.9 Å². The maximum atomic E-state index is 13.5. The van der Waals surface area contributed by atoms with Crippen LogP contribution in [0, 0.1) is 0 Å². The monoisotopic (exact) mass is 431 g/mol. The van der Waals surface area contributed by atoms with Crippen molar-refractivity contribution in [3.05, 3.63) is 46.9 Å². The lowest BCUT2D eigenvalue weighted by Crippen LogP contribution is -2.29. The summed E-state index contributed by atoms with van der Waals surface area (Å²) in [6.07, 6.45) is 1.18. The highest BCUT2D eigenvalue weighted by atomic mass is 35.5. The number of carbonyl (C=O) groups excluding carboxylic acids is 1. The summed E-state index contributed by atoms with van der Waals surface area (Å²) in [5.41, 5.74) is 1.55. The fourth-order valence-corrected chi connectivity index (χ4v) is 3.69. The number of hydrogen-bond donors (Lipinski definition) is 1. The normalized spacial score (nSPS) is 18.8. The zero-order valence-corrected chi connectivity index (χ0v) is 17.8. The third-order valence-electron chi connectivity index (χ3n) is 4.84. The first-order valence-electron chi connectivity index (χ1n) is 9.80. The second-order valence-corrected chi connectivity index (χ2v) is 8.90. The Morgan fingerprint density at radius 3 is 2.77 bits per heavy atom. The lowest BCUT2D eigenvalue weighted by molar-refractivity contribution is 0.0635. The van der Waals surface area contributed by atoms with Gasteiger partial charge in [-0.15, -0.1) is 0 Å². The van der Waals surface area contributed by atoms with E-state index in [1.165, 1.54) is 6.33 Å². The molecule has 7 nitrogen and oxygen atoms in total. The third kappa shape index (κ3) is 4.38. The Labute approximate surface area is 178 Å². The van der Waals surface area contributed by atoms with Crippen molar-refractivity contribution in [1.82, 2.24) is 19.7 Å². The van der Waals surface area contributed by atoms with Gasteiger partial charge in [0, 0.05) is 24.3 Å². The predicted molar refractivity (Wildman–Crippen MR) is 113 cm³/mol. The van der Waals surface area contributed by atoms with E-state index in [1.54, 1.807) is 31.5 Å². The summed E-state index contributed by atoms with van der Waals surface area (Å²) in [6, 6.07) is 7.41. The highest BCUT2D eigenvalue weighted by Crippen LogP contribution is 2.38. The molecule has 0 atom stereocenters. The van der Waals surface area contributed by atoms with E-state index in [1.807, 2.05) is 18.2 Å². The summed E-state index contributed by atoms with van der Waals surface area (Å²) in [5, 5.41) is 8.68. The lowest BCUT2D eigenvalue weighted by atomic mass is 9.91. The molecule has 1 aromatic carbocycles. The topological polar surface area (TPSA) is 81.9 Å². The third-order valence-corrected chi connectivity index (χ3v) is 5.08. The summed E-state index contributed by atoms with van der Waals surface area (Å²) in [4.78, 5) is 21.0. The fourth-order valence-electron chi connectivity index (χ4n) is 3.48. The van der Waals surface area contributed by atoms with Gasteiger partial charge in [-0.05, 0) is 38.5 Å². The van der Waals surface area contributed by atoms with Crippen LogP contribution >= 0.6 is 11.6 Å². The number of hydrogen-bond acceptors (Lipinski definition) is 5. The van der Waals surface area contributed by atoms with Crippen LogP contribution in [0.5, 0.6) is 0 Å². The molecule has 0 saturated heterocycles. The van der Waals surface area contributed by atoms with Crippen LogP contribution < -0.4 is 5.32 Å². The van der Waals surface area contributed by atoms with Gasteiger partial charge in [-0.3, -0.25) is 5.32 Å². The van der Waals surface area contributed by atoms with E-state index in [9.17, 15) is 9.18 Å². The molecule has 0 radical (unpaired) electrons. The molecule has 1 N–H and O–H groups in total. The smallest absolute Gasteiger partial charge is 0.413 e. The minimum absolute atomic E-state index is 0.0695. The zero-order chi connectivity index (χ0) is 21.5. The molecule has 3 aromatic rings. The van der Waals surface area contributed by atoms with Crippen molar-refractivity contribution in [2.24, 2.45) is 0 Å². The number of benzene rings is 1. The summed E-state index contributed by atoms with van der Waals surface area (Å²) in [7, 11) is 0. The molecular formula is C21H23ClFN5O2. The molecule has 1 fully saturated rings. The van der Waals surface area contributed by atoms with Crippen LogP contribution in [0.2, 0.25) is 5.02 Å². The van der Waals surface area contributed by atoms with Crippen molar-refractivity contribution in [2.75, 3.05) is 5.32 Å². The largest absolute Gasteiger partial charge is 0.444 e. The molecule has 4 rings (SSSR count). The van der Waals surface area contributed by atoms with Gasteiger partial charge >= 0.3 is 6.09 Å². The summed E-state index contributed by atoms with van der Waals surface area (Å²) in [6.45, 7) is 5.36. The molecule has 9 heteroatoms. The van der Waals surface area contributed by atoms with Gasteiger partial charge in [0.2, 0.25) is 0 Å². The number of alkyl halides is 1. The number of carbonyl (C=O) groups is 1. The molecule has 0 bridgehead atoms. The summed E-state index contributed by atoms with van der Waals surface area (Å²) in [5.74, 6) is 0.314. The number of halogens is 2. The van der Waals surface area contributed by atoms with Crippen molar-refractivity contribution < 1.29 is 13.9 Å². The average Bonchev–Trinajstić information content (AvgIpc) is 2.96. The van der Waals surface area contributed by atoms with E-state index >= 15 is 0 Å². The molecule has 1 aliphatic carbocycles. The Balaban J connectivity index is 1.75. The molecule has 158 valence electrons. The van der Waals surface area contributed by atoms with Crippen molar-refractivity contribution in [2.45, 2.75) is 57.8 Å². The SMILES string of the molecule is CC(C)(C)OC(=O)Nc1ncnc2c1c(Cc1cccc(Cl)c1)nn2[C@H]1C[C@@H](F)C1. The highest BCUT2D eigenvalue weighted by Gasteiger charge is 2.34. The van der Waals surface area contributed by atoms with Crippen LogP contribution in [-0.4, -0.2) is 37.6 Å². The highest BCUT2D eigenvalue weighted by molar-refractivity contribution is 6.30. The number of aromatic nitrogens is 4. The quantitative estimate of drug-likeness (QED) is 0.622. The number of anilines is 1. The number of nitrogens with zero attached hydrogens (tertiary/aromatic N) is 4. The van der Waals surface area contributed by atoms with Crippen LogP contribution in [0.1, 0.15) is 50.9 Å². The Hall–Kier alpha value is -2.74. The van der Waals surface area contributed by atoms with Gasteiger partial charge in [0.25, 0.3) is 0 Å². The number of amides is 1. The molecule has 1 saturated carbocycles. The summed E-state index contributed by atoms with van der Waals surface area (Å²) >= 11 is 6.13. The van der Waals surface area contributed by atoms with E-state index in [0.29, 0.717) is 46.8 Å². The van der Waals surface area contributed by atoms with E-state index in [0.717, 1.165) is 5.56 Å². The van der Waals surface area contributed by atoms with Crippen molar-refractivity contribution in [3.8, 4) is 0 Å². The van der Waals surface area contributed by atoms with E-state index in [-0.39, 0.29) is 6.04 Å². The molecule has 0 spiro atoms. The van der Waals surface area contributed by atoms with Crippen molar-refractivity contribution >= 4 is 34.5 Å². The first-order valence-corrected chi connectivity index (χ1v) is 10.2. The predicted octanol–water partition coefficient (Wildman–Crippen LogP) is 5.09. The van der Waals surface area contributed by atoms with Gasteiger partial charge < -0.3 is 4.74 Å². The van der Waals surface area contributed by atoms with Crippen LogP contribution in [0.3, 0.4) is 0 Å². The van der Waals surface area contributed by atoms with E-state index < -0.39 is 17.9 Å². The lowest BCUT2D eigenvalue weighted by Gasteiger charge is -2.29. The second kappa shape index (κ2) is 7.83. The molecule has 30 heavy (non-hydrogen) atoms. The average molecular weight is 432 g/mol. The number of fused-ring (bicyclic) bond motifs is 1. The van der Waals surface area contributed by atoms with Crippen LogP contribution in [0.4, 0.5) is 15.0 Å². The van der Waals surface area contributed by atoms with Gasteiger partial charge in [-0.25, -0.2) is 23.8 Å². The maximum absolute atomic E-state index is 13.5. The molecule has 2 aromatic heterocycles. The molecule has 2 heterocycles. The van der Waals surface area contributed by atoms with Gasteiger partial charge in [-0.2, -0.15) is 5.10 Å². The van der Waals surface area contributed by atoms with Crippen LogP contribution in [0.15, 0.2) is 30.6 Å². The number of nitrogens with one attached hydrogen (secondary N) is 1. The zero-order valence-electron chi connectivity index (χ0n) is 17.0. The van der Waals surface area contributed by atoms with Gasteiger partial charge in [-0.1, -0.05) is 23.7 Å². The van der Waals surface area contributed by atoms with Crippen molar-refractivity contribution in [1.29, 1.82) is 0 Å². The Bertz CT molecular complexity index is 1090. The van der Waals surface area contributed by atoms with Crippen LogP contribution in [-0.2, 0) is 11.2 Å². The summed E-state index contributed by atoms with van der Waals surface area (Å²) < 4.78 is 20.6. The first kappa shape index (κ1) is 20.5. The van der Waals surface area contributed by atoms with Gasteiger partial charge in [0.15, 0.2) is 5.65 Å². The Morgan fingerprint density at radius 2 is 2.10 bits per heavy atom. The van der Waals surface area contributed by atoms with Crippen molar-refractivity contribution in [3.63, 3.8) is 0 Å². The maximum Gasteiger partial charge on any atom is 0.413 e. The molecule has 1 amide bonds. The number of rotatable bonds is 4. The molecule has 0 aliphatic heterocycles. The first-order chi connectivity index (χ1) is 14.2. The van der Waals surface area contributed by atoms with E-state index in [2.05, 4.69) is 15.3 Å². The second-order valence-electron chi connectivity index (χ2n) is 8.47. The minimum Gasteiger partial charge on any atom is -0.444 e. The molecular weight excluding hydrogens is 409 g/mol. The molecule has 1 aliphatic rings. The fraction of sp³-hybridized carbons (Fsp3) is 0.429. The van der Waals surface area contributed by atoms with Crippen LogP contribution in [0.25, 0.3) is 11.0 Å². The minimum atomic E-state index is -0.827. The Kier molecular flexibility index (Phi) is 5.36. The standard InChI is InChI=1S/C21H23ClFN5O2/c1-21(2,3)30-20(29)26-18-17-16(8-12-5-4-6-13(22)7-12)27-28(15-9-14(23)10-15)19(17)25-11-24-18/h4-7,11,14-15H,8-10H2,1-3H3,(H,24,25,26,29)/t14-,15+. The Morgan fingerprint density at radius 1 is 1.33 bits per heavy atom. The number of ether oxygens (including phenoxy) is 1. The molecule has 0 unspecified atom stereocenters.